The first-order valence-electron chi connectivity index (χ1n) is 5.71. The van der Waals surface area contributed by atoms with Crippen LogP contribution in [0.5, 0.6) is 11.5 Å². The highest BCUT2D eigenvalue weighted by atomic mass is 35.5. The first kappa shape index (κ1) is 13.3. The van der Waals surface area contributed by atoms with E-state index in [-0.39, 0.29) is 12.7 Å². The Morgan fingerprint density at radius 1 is 1.33 bits per heavy atom. The van der Waals surface area contributed by atoms with Crippen LogP contribution in [-0.4, -0.2) is 35.5 Å². The monoisotopic (exact) mass is 273 g/mol. The zero-order valence-electron chi connectivity index (χ0n) is 10.0. The molecule has 0 aliphatic carbocycles. The number of hydrogen-bond acceptors (Lipinski definition) is 5. The van der Waals surface area contributed by atoms with Crippen molar-refractivity contribution in [3.05, 3.63) is 17.7 Å². The van der Waals surface area contributed by atoms with Crippen molar-refractivity contribution in [2.24, 2.45) is 0 Å². The Morgan fingerprint density at radius 3 is 2.61 bits per heavy atom. The lowest BCUT2D eigenvalue weighted by Gasteiger charge is -2.16. The van der Waals surface area contributed by atoms with Gasteiger partial charge in [-0.2, -0.15) is 0 Å². The maximum absolute atomic E-state index is 9.73. The SMILES string of the molecule is CC(O)c1cc2c(cc1NCC(O)CCl)OCO2. The molecular weight excluding hydrogens is 258 g/mol. The van der Waals surface area contributed by atoms with Gasteiger partial charge in [0.2, 0.25) is 6.79 Å². The van der Waals surface area contributed by atoms with Gasteiger partial charge in [-0.25, -0.2) is 0 Å². The molecule has 0 fully saturated rings. The minimum atomic E-state index is -0.643. The Labute approximate surface area is 110 Å². The third-order valence-electron chi connectivity index (χ3n) is 2.70. The molecule has 2 unspecified atom stereocenters. The normalized spacial score (nSPS) is 16.4. The Kier molecular flexibility index (Phi) is 4.16. The van der Waals surface area contributed by atoms with Crippen molar-refractivity contribution in [2.75, 3.05) is 24.5 Å². The number of ether oxygens (including phenoxy) is 2. The van der Waals surface area contributed by atoms with E-state index in [0.717, 1.165) is 0 Å². The summed E-state index contributed by atoms with van der Waals surface area (Å²) in [5, 5.41) is 22.2. The first-order chi connectivity index (χ1) is 8.61. The molecule has 2 rings (SSSR count). The van der Waals surface area contributed by atoms with E-state index >= 15 is 0 Å². The average molecular weight is 274 g/mol. The third kappa shape index (κ3) is 2.80. The Morgan fingerprint density at radius 2 is 2.00 bits per heavy atom. The highest BCUT2D eigenvalue weighted by Crippen LogP contribution is 2.39. The molecule has 0 bridgehead atoms. The second kappa shape index (κ2) is 5.65. The molecule has 5 nitrogen and oxygen atoms in total. The van der Waals surface area contributed by atoms with Crippen LogP contribution in [0.2, 0.25) is 0 Å². The lowest BCUT2D eigenvalue weighted by atomic mass is 10.1. The zero-order valence-corrected chi connectivity index (χ0v) is 10.8. The van der Waals surface area contributed by atoms with E-state index in [1.807, 2.05) is 0 Å². The number of benzene rings is 1. The molecule has 0 saturated heterocycles. The summed E-state index contributed by atoms with van der Waals surface area (Å²) in [6, 6.07) is 3.49. The molecule has 1 aromatic rings. The Hall–Kier alpha value is -1.17. The fourth-order valence-corrected chi connectivity index (χ4v) is 1.85. The Bertz CT molecular complexity index is 425. The van der Waals surface area contributed by atoms with Crippen LogP contribution >= 0.6 is 11.6 Å². The van der Waals surface area contributed by atoms with Crippen molar-refractivity contribution in [1.82, 2.24) is 0 Å². The molecule has 3 N–H and O–H groups in total. The summed E-state index contributed by atoms with van der Waals surface area (Å²) in [6.07, 6.45) is -1.28. The van der Waals surface area contributed by atoms with Crippen LogP contribution in [0.4, 0.5) is 5.69 Å². The van der Waals surface area contributed by atoms with Gasteiger partial charge >= 0.3 is 0 Å². The van der Waals surface area contributed by atoms with E-state index in [0.29, 0.717) is 29.3 Å². The molecule has 0 saturated carbocycles. The van der Waals surface area contributed by atoms with Crippen molar-refractivity contribution >= 4 is 17.3 Å². The topological polar surface area (TPSA) is 71.0 Å². The number of rotatable bonds is 5. The summed E-state index contributed by atoms with van der Waals surface area (Å²) < 4.78 is 10.5. The molecule has 0 spiro atoms. The van der Waals surface area contributed by atoms with Crippen LogP contribution in [0.25, 0.3) is 0 Å². The van der Waals surface area contributed by atoms with Crippen LogP contribution in [0, 0.1) is 0 Å². The van der Waals surface area contributed by atoms with Gasteiger partial charge in [-0.15, -0.1) is 11.6 Å². The molecule has 0 aromatic heterocycles. The van der Waals surface area contributed by atoms with E-state index < -0.39 is 12.2 Å². The van der Waals surface area contributed by atoms with Gasteiger partial charge in [0, 0.05) is 23.9 Å². The summed E-state index contributed by atoms with van der Waals surface area (Å²) in [4.78, 5) is 0. The smallest absolute Gasteiger partial charge is 0.231 e. The van der Waals surface area contributed by atoms with E-state index in [1.165, 1.54) is 0 Å². The van der Waals surface area contributed by atoms with Crippen molar-refractivity contribution < 1.29 is 19.7 Å². The highest BCUT2D eigenvalue weighted by Gasteiger charge is 2.19. The molecule has 0 amide bonds. The third-order valence-corrected chi connectivity index (χ3v) is 3.06. The lowest BCUT2D eigenvalue weighted by molar-refractivity contribution is 0.173. The largest absolute Gasteiger partial charge is 0.454 e. The van der Waals surface area contributed by atoms with Gasteiger partial charge in [0.1, 0.15) is 0 Å². The van der Waals surface area contributed by atoms with E-state index in [2.05, 4.69) is 5.32 Å². The van der Waals surface area contributed by atoms with Gasteiger partial charge in [-0.1, -0.05) is 0 Å². The van der Waals surface area contributed by atoms with Gasteiger partial charge in [0.15, 0.2) is 11.5 Å². The number of fused-ring (bicyclic) bond motifs is 1. The maximum Gasteiger partial charge on any atom is 0.231 e. The number of aliphatic hydroxyl groups excluding tert-OH is 2. The second-order valence-electron chi connectivity index (χ2n) is 4.16. The van der Waals surface area contributed by atoms with Crippen molar-refractivity contribution in [3.63, 3.8) is 0 Å². The zero-order chi connectivity index (χ0) is 13.1. The number of aliphatic hydroxyl groups is 2. The molecular formula is C12H16ClNO4. The summed E-state index contributed by atoms with van der Waals surface area (Å²) in [5.74, 6) is 1.40. The number of nitrogens with one attached hydrogen (secondary N) is 1. The van der Waals surface area contributed by atoms with E-state index in [9.17, 15) is 10.2 Å². The fourth-order valence-electron chi connectivity index (χ4n) is 1.74. The van der Waals surface area contributed by atoms with Crippen molar-refractivity contribution in [1.29, 1.82) is 0 Å². The minimum Gasteiger partial charge on any atom is -0.454 e. The Balaban J connectivity index is 2.21. The number of hydrogen-bond donors (Lipinski definition) is 3. The van der Waals surface area contributed by atoms with Crippen LogP contribution in [0.3, 0.4) is 0 Å². The molecule has 1 heterocycles. The summed E-state index contributed by atoms with van der Waals surface area (Å²) in [5.41, 5.74) is 1.40. The maximum atomic E-state index is 9.73. The summed E-state index contributed by atoms with van der Waals surface area (Å²) >= 11 is 5.53. The minimum absolute atomic E-state index is 0.154. The summed E-state index contributed by atoms with van der Waals surface area (Å²) in [6.45, 7) is 2.16. The fraction of sp³-hybridized carbons (Fsp3) is 0.500. The predicted molar refractivity (Wildman–Crippen MR) is 68.4 cm³/mol. The van der Waals surface area contributed by atoms with Crippen LogP contribution in [-0.2, 0) is 0 Å². The standard InChI is InChI=1S/C12H16ClNO4/c1-7(15)9-2-11-12(18-6-17-11)3-10(9)14-5-8(16)4-13/h2-3,7-8,14-16H,4-6H2,1H3. The van der Waals surface area contributed by atoms with E-state index in [1.54, 1.807) is 19.1 Å². The molecule has 2 atom stereocenters. The molecule has 18 heavy (non-hydrogen) atoms. The van der Waals surface area contributed by atoms with Crippen molar-refractivity contribution in [2.45, 2.75) is 19.1 Å². The van der Waals surface area contributed by atoms with Crippen LogP contribution < -0.4 is 14.8 Å². The molecule has 1 aliphatic heterocycles. The van der Waals surface area contributed by atoms with Crippen LogP contribution in [0.15, 0.2) is 12.1 Å². The van der Waals surface area contributed by atoms with Gasteiger partial charge < -0.3 is 25.0 Å². The molecule has 0 radical (unpaired) electrons. The van der Waals surface area contributed by atoms with E-state index in [4.69, 9.17) is 21.1 Å². The van der Waals surface area contributed by atoms with Gasteiger partial charge in [0.05, 0.1) is 18.1 Å². The van der Waals surface area contributed by atoms with Gasteiger partial charge in [0.25, 0.3) is 0 Å². The molecule has 6 heteroatoms. The lowest BCUT2D eigenvalue weighted by Crippen LogP contribution is -2.21. The molecule has 1 aliphatic rings. The summed E-state index contributed by atoms with van der Waals surface area (Å²) in [7, 11) is 0. The predicted octanol–water partition coefficient (Wildman–Crippen LogP) is 1.48. The number of halogens is 1. The highest BCUT2D eigenvalue weighted by molar-refractivity contribution is 6.18. The molecule has 1 aromatic carbocycles. The number of anilines is 1. The average Bonchev–Trinajstić information content (AvgIpc) is 2.81. The first-order valence-corrected chi connectivity index (χ1v) is 6.24. The number of alkyl halides is 1. The quantitative estimate of drug-likeness (QED) is 0.709. The second-order valence-corrected chi connectivity index (χ2v) is 4.47. The van der Waals surface area contributed by atoms with Gasteiger partial charge in [-0.3, -0.25) is 0 Å². The van der Waals surface area contributed by atoms with Crippen LogP contribution in [0.1, 0.15) is 18.6 Å². The van der Waals surface area contributed by atoms with Crippen molar-refractivity contribution in [3.8, 4) is 11.5 Å². The van der Waals surface area contributed by atoms with Gasteiger partial charge in [-0.05, 0) is 13.0 Å². The molecule has 100 valence electrons.